The van der Waals surface area contributed by atoms with Crippen LogP contribution in [0.15, 0.2) is 42.5 Å². The highest BCUT2D eigenvalue weighted by molar-refractivity contribution is 5.86. The Morgan fingerprint density at radius 2 is 1.94 bits per heavy atom. The molecule has 1 unspecified atom stereocenters. The third kappa shape index (κ3) is 2.51. The van der Waals surface area contributed by atoms with Crippen molar-refractivity contribution in [3.8, 4) is 0 Å². The molecule has 0 aliphatic heterocycles. The minimum Gasteiger partial charge on any atom is -0.469 e. The van der Waals surface area contributed by atoms with E-state index in [9.17, 15) is 4.79 Å². The number of carbonyl (C=O) groups is 1. The first kappa shape index (κ1) is 12.6. The Labute approximate surface area is 107 Å². The maximum Gasteiger partial charge on any atom is 0.306 e. The molecule has 0 spiro atoms. The van der Waals surface area contributed by atoms with Gasteiger partial charge in [0.15, 0.2) is 0 Å². The van der Waals surface area contributed by atoms with Gasteiger partial charge in [0.1, 0.15) is 0 Å². The highest BCUT2D eigenvalue weighted by Crippen LogP contribution is 2.27. The van der Waals surface area contributed by atoms with Gasteiger partial charge in [0.2, 0.25) is 0 Å². The van der Waals surface area contributed by atoms with Crippen molar-refractivity contribution in [1.29, 1.82) is 0 Å². The largest absolute Gasteiger partial charge is 0.469 e. The number of hydrogen-bond acceptors (Lipinski definition) is 3. The summed E-state index contributed by atoms with van der Waals surface area (Å²) < 4.78 is 4.72. The zero-order chi connectivity index (χ0) is 13.0. The molecule has 0 aromatic heterocycles. The number of esters is 1. The first-order chi connectivity index (χ1) is 8.76. The van der Waals surface area contributed by atoms with Gasteiger partial charge in [0.05, 0.1) is 13.5 Å². The predicted octanol–water partition coefficient (Wildman–Crippen LogP) is 2.45. The third-order valence-electron chi connectivity index (χ3n) is 3.19. The highest BCUT2D eigenvalue weighted by atomic mass is 16.5. The number of rotatable bonds is 4. The minimum absolute atomic E-state index is 0.00329. The van der Waals surface area contributed by atoms with Crippen LogP contribution in [0.2, 0.25) is 0 Å². The average molecular weight is 243 g/mol. The van der Waals surface area contributed by atoms with E-state index in [1.807, 2.05) is 24.3 Å². The SMILES string of the molecule is COC(=O)CC(CN)c1cccc2ccccc12. The average Bonchev–Trinajstić information content (AvgIpc) is 2.44. The number of ether oxygens (including phenoxy) is 1. The van der Waals surface area contributed by atoms with Gasteiger partial charge >= 0.3 is 5.97 Å². The van der Waals surface area contributed by atoms with Crippen LogP contribution in [0.5, 0.6) is 0 Å². The molecule has 1 atom stereocenters. The molecule has 0 radical (unpaired) electrons. The molecule has 0 heterocycles. The molecule has 0 bridgehead atoms. The van der Waals surface area contributed by atoms with Crippen molar-refractivity contribution >= 4 is 16.7 Å². The van der Waals surface area contributed by atoms with Crippen LogP contribution in [0.1, 0.15) is 17.9 Å². The summed E-state index contributed by atoms with van der Waals surface area (Å²) in [5.74, 6) is -0.220. The lowest BCUT2D eigenvalue weighted by Gasteiger charge is -2.16. The van der Waals surface area contributed by atoms with E-state index in [0.717, 1.165) is 10.9 Å². The molecule has 18 heavy (non-hydrogen) atoms. The van der Waals surface area contributed by atoms with E-state index in [0.29, 0.717) is 13.0 Å². The van der Waals surface area contributed by atoms with Crippen molar-refractivity contribution < 1.29 is 9.53 Å². The first-order valence-electron chi connectivity index (χ1n) is 6.00. The molecule has 94 valence electrons. The van der Waals surface area contributed by atoms with E-state index in [-0.39, 0.29) is 11.9 Å². The van der Waals surface area contributed by atoms with E-state index in [4.69, 9.17) is 10.5 Å². The summed E-state index contributed by atoms with van der Waals surface area (Å²) in [4.78, 5) is 11.4. The maximum atomic E-state index is 11.4. The zero-order valence-corrected chi connectivity index (χ0v) is 10.4. The van der Waals surface area contributed by atoms with Gasteiger partial charge in [-0.25, -0.2) is 0 Å². The molecule has 0 aliphatic rings. The molecule has 0 saturated heterocycles. The van der Waals surface area contributed by atoms with Gasteiger partial charge in [0.25, 0.3) is 0 Å². The summed E-state index contributed by atoms with van der Waals surface area (Å²) in [6.07, 6.45) is 0.320. The lowest BCUT2D eigenvalue weighted by atomic mass is 9.91. The van der Waals surface area contributed by atoms with Gasteiger partial charge in [0, 0.05) is 5.92 Å². The van der Waals surface area contributed by atoms with Crippen LogP contribution in [0, 0.1) is 0 Å². The van der Waals surface area contributed by atoms with Gasteiger partial charge in [-0.3, -0.25) is 4.79 Å². The zero-order valence-electron chi connectivity index (χ0n) is 10.4. The number of carbonyl (C=O) groups excluding carboxylic acids is 1. The molecule has 2 rings (SSSR count). The van der Waals surface area contributed by atoms with Gasteiger partial charge in [-0.2, -0.15) is 0 Å². The van der Waals surface area contributed by atoms with Crippen molar-refractivity contribution in [3.05, 3.63) is 48.0 Å². The van der Waals surface area contributed by atoms with Crippen LogP contribution in [-0.4, -0.2) is 19.6 Å². The second kappa shape index (κ2) is 5.65. The first-order valence-corrected chi connectivity index (χ1v) is 6.00. The number of nitrogens with two attached hydrogens (primary N) is 1. The van der Waals surface area contributed by atoms with E-state index in [1.54, 1.807) is 0 Å². The molecule has 3 heteroatoms. The Morgan fingerprint density at radius 1 is 1.22 bits per heavy atom. The second-order valence-corrected chi connectivity index (χ2v) is 4.28. The monoisotopic (exact) mass is 243 g/mol. The van der Waals surface area contributed by atoms with Gasteiger partial charge in [-0.15, -0.1) is 0 Å². The van der Waals surface area contributed by atoms with E-state index in [2.05, 4.69) is 18.2 Å². The van der Waals surface area contributed by atoms with Crippen LogP contribution in [0.3, 0.4) is 0 Å². The quantitative estimate of drug-likeness (QED) is 0.839. The lowest BCUT2D eigenvalue weighted by Crippen LogP contribution is -2.17. The Hall–Kier alpha value is -1.87. The fourth-order valence-corrected chi connectivity index (χ4v) is 2.21. The summed E-state index contributed by atoms with van der Waals surface area (Å²) in [5.41, 5.74) is 6.90. The van der Waals surface area contributed by atoms with E-state index >= 15 is 0 Å². The predicted molar refractivity (Wildman–Crippen MR) is 72.4 cm³/mol. The van der Waals surface area contributed by atoms with Crippen LogP contribution in [0.4, 0.5) is 0 Å². The van der Waals surface area contributed by atoms with Crippen molar-refractivity contribution in [1.82, 2.24) is 0 Å². The molecule has 0 fully saturated rings. The van der Waals surface area contributed by atoms with Crippen molar-refractivity contribution in [2.24, 2.45) is 5.73 Å². The Balaban J connectivity index is 2.41. The fourth-order valence-electron chi connectivity index (χ4n) is 2.21. The smallest absolute Gasteiger partial charge is 0.306 e. The Kier molecular flexibility index (Phi) is 3.95. The third-order valence-corrected chi connectivity index (χ3v) is 3.19. The van der Waals surface area contributed by atoms with Crippen LogP contribution in [0.25, 0.3) is 10.8 Å². The molecule has 0 amide bonds. The minimum atomic E-state index is -0.224. The Morgan fingerprint density at radius 3 is 2.67 bits per heavy atom. The van der Waals surface area contributed by atoms with Gasteiger partial charge < -0.3 is 10.5 Å². The topological polar surface area (TPSA) is 52.3 Å². The van der Waals surface area contributed by atoms with Crippen LogP contribution in [-0.2, 0) is 9.53 Å². The standard InChI is InChI=1S/C15H17NO2/c1-18-15(17)9-12(10-16)14-8-4-6-11-5-2-3-7-13(11)14/h2-8,12H,9-10,16H2,1H3. The second-order valence-electron chi connectivity index (χ2n) is 4.28. The van der Waals surface area contributed by atoms with Crippen molar-refractivity contribution in [3.63, 3.8) is 0 Å². The van der Waals surface area contributed by atoms with Gasteiger partial charge in [-0.1, -0.05) is 42.5 Å². The highest BCUT2D eigenvalue weighted by Gasteiger charge is 2.16. The van der Waals surface area contributed by atoms with Crippen molar-refractivity contribution in [2.75, 3.05) is 13.7 Å². The maximum absolute atomic E-state index is 11.4. The number of hydrogen-bond donors (Lipinski definition) is 1. The lowest BCUT2D eigenvalue weighted by molar-refractivity contribution is -0.141. The molecule has 2 N–H and O–H groups in total. The molecule has 0 saturated carbocycles. The Bertz CT molecular complexity index is 546. The molecule has 0 aliphatic carbocycles. The van der Waals surface area contributed by atoms with E-state index in [1.165, 1.54) is 12.5 Å². The molecule has 2 aromatic rings. The van der Waals surface area contributed by atoms with Crippen molar-refractivity contribution in [2.45, 2.75) is 12.3 Å². The summed E-state index contributed by atoms with van der Waals surface area (Å²) in [6.45, 7) is 0.434. The number of methoxy groups -OCH3 is 1. The molecular weight excluding hydrogens is 226 g/mol. The summed E-state index contributed by atoms with van der Waals surface area (Å²) in [6, 6.07) is 14.2. The summed E-state index contributed by atoms with van der Waals surface area (Å²) >= 11 is 0. The molecule has 2 aromatic carbocycles. The molecule has 3 nitrogen and oxygen atoms in total. The normalized spacial score (nSPS) is 12.3. The van der Waals surface area contributed by atoms with Crippen LogP contribution >= 0.6 is 0 Å². The number of fused-ring (bicyclic) bond motifs is 1. The molecular formula is C15H17NO2. The van der Waals surface area contributed by atoms with Gasteiger partial charge in [-0.05, 0) is 22.9 Å². The fraction of sp³-hybridized carbons (Fsp3) is 0.267. The van der Waals surface area contributed by atoms with E-state index < -0.39 is 0 Å². The summed E-state index contributed by atoms with van der Waals surface area (Å²) in [5, 5.41) is 2.32. The van der Waals surface area contributed by atoms with Crippen LogP contribution < -0.4 is 5.73 Å². The summed E-state index contributed by atoms with van der Waals surface area (Å²) in [7, 11) is 1.40. The number of benzene rings is 2.